The molecular formula is C33H29FN2O6. The molecule has 5 rings (SSSR count). The number of halogens is 1. The summed E-state index contributed by atoms with van der Waals surface area (Å²) in [5.74, 6) is -1.39. The lowest BCUT2D eigenvalue weighted by molar-refractivity contribution is -0.119. The van der Waals surface area contributed by atoms with Gasteiger partial charge in [0.15, 0.2) is 0 Å². The third kappa shape index (κ3) is 5.67. The van der Waals surface area contributed by atoms with Gasteiger partial charge in [0.05, 0.1) is 29.6 Å². The molecule has 1 amide bonds. The molecule has 4 aromatic rings. The van der Waals surface area contributed by atoms with Crippen molar-refractivity contribution in [2.24, 2.45) is 0 Å². The number of carbonyl (C=O) groups is 3. The molecule has 2 N–H and O–H groups in total. The molecule has 4 aromatic carbocycles. The maximum absolute atomic E-state index is 13.7. The molecule has 8 nitrogen and oxygen atoms in total. The molecular weight excluding hydrogens is 539 g/mol. The molecule has 0 aromatic heterocycles. The molecule has 214 valence electrons. The zero-order valence-electron chi connectivity index (χ0n) is 23.5. The van der Waals surface area contributed by atoms with E-state index in [1.54, 1.807) is 44.2 Å². The molecule has 0 aliphatic carbocycles. The van der Waals surface area contributed by atoms with Crippen LogP contribution in [0.2, 0.25) is 0 Å². The molecule has 0 saturated heterocycles. The number of hydrogen-bond donors (Lipinski definition) is 2. The molecule has 0 saturated carbocycles. The van der Waals surface area contributed by atoms with Gasteiger partial charge in [-0.2, -0.15) is 0 Å². The highest BCUT2D eigenvalue weighted by atomic mass is 19.1. The Bertz CT molecular complexity index is 1720. The normalized spacial score (nSPS) is 13.3. The number of aryl methyl sites for hydroxylation is 1. The Kier molecular flexibility index (Phi) is 7.67. The molecule has 0 bridgehead atoms. The molecule has 1 aliphatic rings. The number of fused-ring (bicyclic) bond motifs is 1. The maximum atomic E-state index is 13.7. The predicted molar refractivity (Wildman–Crippen MR) is 156 cm³/mol. The quantitative estimate of drug-likeness (QED) is 0.193. The van der Waals surface area contributed by atoms with Crippen molar-refractivity contribution >= 4 is 29.2 Å². The second kappa shape index (κ2) is 11.4. The largest absolute Gasteiger partial charge is 0.496 e. The van der Waals surface area contributed by atoms with Crippen molar-refractivity contribution in [3.8, 4) is 22.6 Å². The van der Waals surface area contributed by atoms with Crippen LogP contribution in [-0.2, 0) is 16.1 Å². The molecule has 0 unspecified atom stereocenters. The minimum Gasteiger partial charge on any atom is -0.496 e. The van der Waals surface area contributed by atoms with Gasteiger partial charge in [0, 0.05) is 17.2 Å². The van der Waals surface area contributed by atoms with E-state index in [-0.39, 0.29) is 23.8 Å². The Morgan fingerprint density at radius 1 is 0.905 bits per heavy atom. The van der Waals surface area contributed by atoms with Gasteiger partial charge in [-0.3, -0.25) is 4.79 Å². The van der Waals surface area contributed by atoms with Gasteiger partial charge in [-0.05, 0) is 74.4 Å². The van der Waals surface area contributed by atoms with Crippen LogP contribution in [-0.4, -0.2) is 30.5 Å². The summed E-state index contributed by atoms with van der Waals surface area (Å²) in [6.45, 7) is 5.10. The van der Waals surface area contributed by atoms with Crippen LogP contribution in [0, 0.1) is 12.7 Å². The zero-order chi connectivity index (χ0) is 30.0. The first kappa shape index (κ1) is 28.4. The van der Waals surface area contributed by atoms with Gasteiger partial charge in [-0.1, -0.05) is 30.3 Å². The lowest BCUT2D eigenvalue weighted by Gasteiger charge is -2.34. The van der Waals surface area contributed by atoms with E-state index in [0.717, 1.165) is 11.6 Å². The summed E-state index contributed by atoms with van der Waals surface area (Å²) in [5.41, 5.74) is 3.22. The SMILES string of the molecule is COc1cc(OC(=O)c2ccccc2C)ccc1-c1ccc2c(c1COC(=O)c1cccc(F)c1)NC(=O)C(C)(C)N2. The average Bonchev–Trinajstić information content (AvgIpc) is 2.96. The highest BCUT2D eigenvalue weighted by Crippen LogP contribution is 2.43. The van der Waals surface area contributed by atoms with Crippen LogP contribution in [0.25, 0.3) is 11.1 Å². The number of anilines is 2. The van der Waals surface area contributed by atoms with Crippen LogP contribution in [0.5, 0.6) is 11.5 Å². The predicted octanol–water partition coefficient (Wildman–Crippen LogP) is 6.53. The van der Waals surface area contributed by atoms with E-state index in [1.165, 1.54) is 25.3 Å². The summed E-state index contributed by atoms with van der Waals surface area (Å²) in [7, 11) is 1.49. The van der Waals surface area contributed by atoms with E-state index >= 15 is 0 Å². The second-order valence-electron chi connectivity index (χ2n) is 10.4. The van der Waals surface area contributed by atoms with Crippen LogP contribution in [0.3, 0.4) is 0 Å². The Balaban J connectivity index is 1.52. The van der Waals surface area contributed by atoms with Crippen LogP contribution in [0.15, 0.2) is 78.9 Å². The van der Waals surface area contributed by atoms with Gasteiger partial charge in [0.1, 0.15) is 29.5 Å². The summed E-state index contributed by atoms with van der Waals surface area (Å²) >= 11 is 0. The fraction of sp³-hybridized carbons (Fsp3) is 0.182. The monoisotopic (exact) mass is 568 g/mol. The molecule has 1 aliphatic heterocycles. The molecule has 0 spiro atoms. The highest BCUT2D eigenvalue weighted by Gasteiger charge is 2.35. The fourth-order valence-corrected chi connectivity index (χ4v) is 4.72. The Hall–Kier alpha value is -5.18. The number of esters is 2. The third-order valence-corrected chi connectivity index (χ3v) is 7.01. The summed E-state index contributed by atoms with van der Waals surface area (Å²) < 4.78 is 30.6. The summed E-state index contributed by atoms with van der Waals surface area (Å²) in [5, 5.41) is 6.16. The smallest absolute Gasteiger partial charge is 0.343 e. The van der Waals surface area contributed by atoms with E-state index in [0.29, 0.717) is 39.4 Å². The molecule has 1 heterocycles. The molecule has 0 radical (unpaired) electrons. The summed E-state index contributed by atoms with van der Waals surface area (Å²) in [6.07, 6.45) is 0. The fourth-order valence-electron chi connectivity index (χ4n) is 4.72. The first-order valence-corrected chi connectivity index (χ1v) is 13.2. The maximum Gasteiger partial charge on any atom is 0.343 e. The number of hydrogen-bond acceptors (Lipinski definition) is 7. The van der Waals surface area contributed by atoms with E-state index in [1.807, 2.05) is 31.2 Å². The van der Waals surface area contributed by atoms with Crippen molar-refractivity contribution in [1.29, 1.82) is 0 Å². The van der Waals surface area contributed by atoms with Crippen LogP contribution >= 0.6 is 0 Å². The first-order valence-electron chi connectivity index (χ1n) is 13.2. The Labute approximate surface area is 242 Å². The van der Waals surface area contributed by atoms with E-state index in [9.17, 15) is 18.8 Å². The third-order valence-electron chi connectivity index (χ3n) is 7.01. The standard InChI is InChI=1S/C33H29FN2O6/c1-19-8-5-6-11-23(19)31(38)42-22-12-13-25(28(17-22)40-4)24-14-15-27-29(35-32(39)33(2,3)36-27)26(24)18-41-30(37)20-9-7-10-21(34)16-20/h5-17,36H,18H2,1-4H3,(H,35,39). The molecule has 9 heteroatoms. The number of rotatable bonds is 7. The van der Waals surface area contributed by atoms with E-state index < -0.39 is 23.3 Å². The number of methoxy groups -OCH3 is 1. The van der Waals surface area contributed by atoms with Crippen LogP contribution < -0.4 is 20.1 Å². The van der Waals surface area contributed by atoms with Crippen LogP contribution in [0.4, 0.5) is 15.8 Å². The van der Waals surface area contributed by atoms with Crippen molar-refractivity contribution in [3.05, 3.63) is 107 Å². The van der Waals surface area contributed by atoms with Crippen LogP contribution in [0.1, 0.15) is 45.7 Å². The van der Waals surface area contributed by atoms with Crippen molar-refractivity contribution in [1.82, 2.24) is 0 Å². The first-order chi connectivity index (χ1) is 20.1. The average molecular weight is 569 g/mol. The number of carbonyl (C=O) groups excluding carboxylic acids is 3. The number of nitrogens with one attached hydrogen (secondary N) is 2. The second-order valence-corrected chi connectivity index (χ2v) is 10.4. The molecule has 42 heavy (non-hydrogen) atoms. The topological polar surface area (TPSA) is 103 Å². The van der Waals surface area contributed by atoms with Crippen molar-refractivity contribution in [2.75, 3.05) is 17.7 Å². The van der Waals surface area contributed by atoms with Crippen molar-refractivity contribution < 1.29 is 33.0 Å². The molecule has 0 atom stereocenters. The highest BCUT2D eigenvalue weighted by molar-refractivity contribution is 6.07. The minimum absolute atomic E-state index is 0.0574. The summed E-state index contributed by atoms with van der Waals surface area (Å²) in [4.78, 5) is 38.5. The summed E-state index contributed by atoms with van der Waals surface area (Å²) in [6, 6.07) is 20.9. The van der Waals surface area contributed by atoms with Crippen molar-refractivity contribution in [2.45, 2.75) is 32.9 Å². The Morgan fingerprint density at radius 3 is 2.40 bits per heavy atom. The van der Waals surface area contributed by atoms with Gasteiger partial charge in [-0.25, -0.2) is 14.0 Å². The van der Waals surface area contributed by atoms with E-state index in [2.05, 4.69) is 10.6 Å². The number of amides is 1. The Morgan fingerprint density at radius 2 is 1.67 bits per heavy atom. The van der Waals surface area contributed by atoms with Gasteiger partial charge in [0.25, 0.3) is 0 Å². The zero-order valence-corrected chi connectivity index (χ0v) is 23.5. The number of benzene rings is 4. The lowest BCUT2D eigenvalue weighted by Crippen LogP contribution is -2.47. The van der Waals surface area contributed by atoms with Crippen molar-refractivity contribution in [3.63, 3.8) is 0 Å². The van der Waals surface area contributed by atoms with Gasteiger partial charge >= 0.3 is 11.9 Å². The van der Waals surface area contributed by atoms with E-state index in [4.69, 9.17) is 14.2 Å². The lowest BCUT2D eigenvalue weighted by atomic mass is 9.92. The van der Waals surface area contributed by atoms with Gasteiger partial charge in [-0.15, -0.1) is 0 Å². The van der Waals surface area contributed by atoms with Gasteiger partial charge in [0.2, 0.25) is 5.91 Å². The van der Waals surface area contributed by atoms with Gasteiger partial charge < -0.3 is 24.8 Å². The molecule has 0 fully saturated rings. The number of ether oxygens (including phenoxy) is 3. The minimum atomic E-state index is -0.871.